The molecule has 1 rings (SSSR count). The van der Waals surface area contributed by atoms with Gasteiger partial charge in [0.05, 0.1) is 13.2 Å². The van der Waals surface area contributed by atoms with Gasteiger partial charge in [0.2, 0.25) is 0 Å². The predicted octanol–water partition coefficient (Wildman–Crippen LogP) is -2.61. The normalized spacial score (nSPS) is 48.0. The Balaban J connectivity index is 2.58. The van der Waals surface area contributed by atoms with Gasteiger partial charge in [0.1, 0.15) is 12.2 Å². The summed E-state index contributed by atoms with van der Waals surface area (Å²) in [5.41, 5.74) is 3.46. The maximum absolute atomic E-state index is 9.06. The van der Waals surface area contributed by atoms with Crippen molar-refractivity contribution in [3.05, 3.63) is 0 Å². The average molecular weight is 149 g/mol. The lowest BCUT2D eigenvalue weighted by Gasteiger charge is -2.19. The van der Waals surface area contributed by atoms with Gasteiger partial charge in [-0.05, 0) is 0 Å². The Morgan fingerprint density at radius 3 is 2.50 bits per heavy atom. The molecule has 1 saturated heterocycles. The largest absolute Gasteiger partial charge is 0.394 e. The van der Waals surface area contributed by atoms with Crippen molar-refractivity contribution >= 4 is 0 Å². The number of rotatable bonds is 1. The molecule has 1 aliphatic heterocycles. The van der Waals surface area contributed by atoms with Crippen LogP contribution >= 0.6 is 0 Å². The predicted molar refractivity (Wildman–Crippen MR) is 32.0 cm³/mol. The lowest BCUT2D eigenvalue weighted by Crippen LogP contribution is -2.52. The third kappa shape index (κ3) is 1.14. The summed E-state index contributed by atoms with van der Waals surface area (Å²) in [6.45, 7) is -0.472. The Kier molecular flexibility index (Phi) is 1.93. The van der Waals surface area contributed by atoms with Crippen LogP contribution in [-0.4, -0.2) is 46.5 Å². The van der Waals surface area contributed by atoms with Crippen LogP contribution in [0.2, 0.25) is 0 Å². The first-order valence-corrected chi connectivity index (χ1v) is 2.99. The van der Waals surface area contributed by atoms with E-state index in [4.69, 9.17) is 25.8 Å². The molecule has 0 aromatic rings. The minimum Gasteiger partial charge on any atom is -0.394 e. The van der Waals surface area contributed by atoms with Gasteiger partial charge in [0, 0.05) is 0 Å². The summed E-state index contributed by atoms with van der Waals surface area (Å²) in [4.78, 5) is 0. The molecule has 5 nitrogen and oxygen atoms in total. The first-order valence-electron chi connectivity index (χ1n) is 2.99. The van der Waals surface area contributed by atoms with E-state index in [1.807, 2.05) is 0 Å². The van der Waals surface area contributed by atoms with Gasteiger partial charge in [-0.2, -0.15) is 0 Å². The molecule has 0 bridgehead atoms. The molecule has 0 radical (unpaired) electrons. The van der Waals surface area contributed by atoms with Crippen LogP contribution in [0.4, 0.5) is 0 Å². The van der Waals surface area contributed by atoms with Gasteiger partial charge in [-0.1, -0.05) is 0 Å². The molecular formula is C5H11NO4. The molecule has 1 fully saturated rings. The van der Waals surface area contributed by atoms with E-state index in [1.54, 1.807) is 0 Å². The summed E-state index contributed by atoms with van der Waals surface area (Å²) in [6.07, 6.45) is -1.95. The van der Waals surface area contributed by atoms with Crippen molar-refractivity contribution in [2.24, 2.45) is 5.73 Å². The molecule has 3 atom stereocenters. The van der Waals surface area contributed by atoms with Crippen LogP contribution in [0.15, 0.2) is 0 Å². The smallest absolute Gasteiger partial charge is 0.165 e. The highest BCUT2D eigenvalue weighted by molar-refractivity contribution is 4.91. The van der Waals surface area contributed by atoms with E-state index in [0.29, 0.717) is 0 Å². The Hall–Kier alpha value is -0.200. The lowest BCUT2D eigenvalue weighted by molar-refractivity contribution is -0.0511. The van der Waals surface area contributed by atoms with Gasteiger partial charge in [0.25, 0.3) is 0 Å². The third-order valence-electron chi connectivity index (χ3n) is 1.57. The lowest BCUT2D eigenvalue weighted by atomic mass is 10.1. The monoisotopic (exact) mass is 149 g/mol. The molecule has 0 aromatic heterocycles. The summed E-state index contributed by atoms with van der Waals surface area (Å²) < 4.78 is 4.75. The zero-order chi connectivity index (χ0) is 7.78. The highest BCUT2D eigenvalue weighted by Crippen LogP contribution is 2.19. The number of nitrogens with two attached hydrogens (primary N) is 1. The molecule has 5 N–H and O–H groups in total. The highest BCUT2D eigenvalue weighted by atomic mass is 16.5. The molecule has 60 valence electrons. The minimum atomic E-state index is -1.70. The molecule has 5 heteroatoms. The van der Waals surface area contributed by atoms with Crippen LogP contribution in [0.1, 0.15) is 0 Å². The van der Waals surface area contributed by atoms with Crippen LogP contribution in [0.3, 0.4) is 0 Å². The second-order valence-corrected chi connectivity index (χ2v) is 2.47. The van der Waals surface area contributed by atoms with Gasteiger partial charge in [-0.15, -0.1) is 0 Å². The Labute approximate surface area is 58.0 Å². The van der Waals surface area contributed by atoms with Gasteiger partial charge in [0.15, 0.2) is 5.72 Å². The van der Waals surface area contributed by atoms with E-state index in [9.17, 15) is 0 Å². The summed E-state index contributed by atoms with van der Waals surface area (Å²) in [5.74, 6) is 0. The van der Waals surface area contributed by atoms with Crippen molar-refractivity contribution in [3.8, 4) is 0 Å². The van der Waals surface area contributed by atoms with E-state index < -0.39 is 17.9 Å². The summed E-state index contributed by atoms with van der Waals surface area (Å²) >= 11 is 0. The Bertz CT molecular complexity index is 127. The average Bonchev–Trinajstić information content (AvgIpc) is 2.10. The Morgan fingerprint density at radius 2 is 2.30 bits per heavy atom. The third-order valence-corrected chi connectivity index (χ3v) is 1.57. The molecule has 0 saturated carbocycles. The standard InChI is InChI=1S/C5H11NO4/c6-5(9)2-10-3(1-7)4(5)8/h3-4,7-9H,1-2,6H2/t3-,4-,5+/m1/s1. The number of hydrogen-bond donors (Lipinski definition) is 4. The van der Waals surface area contributed by atoms with Gasteiger partial charge in [-0.3, -0.25) is 5.73 Å². The Morgan fingerprint density at radius 1 is 1.70 bits per heavy atom. The summed E-state index contributed by atoms with van der Waals surface area (Å²) in [5, 5.41) is 26.6. The molecule has 10 heavy (non-hydrogen) atoms. The van der Waals surface area contributed by atoms with E-state index in [2.05, 4.69) is 0 Å². The molecular weight excluding hydrogens is 138 g/mol. The van der Waals surface area contributed by atoms with Crippen LogP contribution in [0.5, 0.6) is 0 Å². The first-order chi connectivity index (χ1) is 4.58. The SMILES string of the molecule is N[C@]1(O)CO[C@H](CO)[C@H]1O. The van der Waals surface area contributed by atoms with Crippen LogP contribution < -0.4 is 5.73 Å². The van der Waals surface area contributed by atoms with Crippen molar-refractivity contribution in [2.45, 2.75) is 17.9 Å². The fraction of sp³-hybridized carbons (Fsp3) is 1.00. The number of hydrogen-bond acceptors (Lipinski definition) is 5. The molecule has 1 aliphatic rings. The van der Waals surface area contributed by atoms with E-state index in [0.717, 1.165) is 0 Å². The second kappa shape index (κ2) is 2.44. The van der Waals surface area contributed by atoms with Crippen molar-refractivity contribution in [1.82, 2.24) is 0 Å². The molecule has 0 spiro atoms. The van der Waals surface area contributed by atoms with Gasteiger partial charge < -0.3 is 20.1 Å². The van der Waals surface area contributed by atoms with Crippen molar-refractivity contribution < 1.29 is 20.1 Å². The van der Waals surface area contributed by atoms with Gasteiger partial charge in [-0.25, -0.2) is 0 Å². The molecule has 0 unspecified atom stereocenters. The number of ether oxygens (including phenoxy) is 1. The van der Waals surface area contributed by atoms with Crippen LogP contribution in [-0.2, 0) is 4.74 Å². The fourth-order valence-corrected chi connectivity index (χ4v) is 0.892. The summed E-state index contributed by atoms with van der Waals surface area (Å²) in [7, 11) is 0. The molecule has 1 heterocycles. The second-order valence-electron chi connectivity index (χ2n) is 2.47. The van der Waals surface area contributed by atoms with Crippen molar-refractivity contribution in [2.75, 3.05) is 13.2 Å². The van der Waals surface area contributed by atoms with Crippen molar-refractivity contribution in [1.29, 1.82) is 0 Å². The molecule has 0 aromatic carbocycles. The van der Waals surface area contributed by atoms with Crippen LogP contribution in [0, 0.1) is 0 Å². The zero-order valence-electron chi connectivity index (χ0n) is 5.40. The maximum atomic E-state index is 9.06. The minimum absolute atomic E-state index is 0.139. The summed E-state index contributed by atoms with van der Waals surface area (Å²) in [6, 6.07) is 0. The molecule has 0 aliphatic carbocycles. The number of aliphatic hydroxyl groups is 3. The highest BCUT2D eigenvalue weighted by Gasteiger charge is 2.44. The zero-order valence-corrected chi connectivity index (χ0v) is 5.40. The fourth-order valence-electron chi connectivity index (χ4n) is 0.892. The number of aliphatic hydroxyl groups excluding tert-OH is 2. The first kappa shape index (κ1) is 7.90. The van der Waals surface area contributed by atoms with E-state index in [-0.39, 0.29) is 13.2 Å². The van der Waals surface area contributed by atoms with E-state index >= 15 is 0 Å². The van der Waals surface area contributed by atoms with Gasteiger partial charge >= 0.3 is 0 Å². The maximum Gasteiger partial charge on any atom is 0.165 e. The van der Waals surface area contributed by atoms with Crippen molar-refractivity contribution in [3.63, 3.8) is 0 Å². The topological polar surface area (TPSA) is 95.9 Å². The van der Waals surface area contributed by atoms with E-state index in [1.165, 1.54) is 0 Å². The molecule has 0 amide bonds. The van der Waals surface area contributed by atoms with Crippen LogP contribution in [0.25, 0.3) is 0 Å². The quantitative estimate of drug-likeness (QED) is 0.306.